The molecule has 0 saturated carbocycles. The molecule has 0 amide bonds. The molecule has 0 bridgehead atoms. The molecule has 0 atom stereocenters. The number of fused-ring (bicyclic) bond motifs is 1. The summed E-state index contributed by atoms with van der Waals surface area (Å²) < 4.78 is 0. The van der Waals surface area contributed by atoms with Crippen molar-refractivity contribution in [2.24, 2.45) is 0 Å². The van der Waals surface area contributed by atoms with Crippen molar-refractivity contribution in [2.75, 3.05) is 36.5 Å². The molecular weight excluding hydrogens is 278 g/mol. The van der Waals surface area contributed by atoms with E-state index in [0.29, 0.717) is 0 Å². The molecule has 1 saturated heterocycles. The van der Waals surface area contributed by atoms with E-state index in [1.807, 2.05) is 6.07 Å². The third-order valence-corrected chi connectivity index (χ3v) is 4.18. The molecular formula is C17H21N3O2. The van der Waals surface area contributed by atoms with E-state index >= 15 is 0 Å². The SMILES string of the molecule is CN(CC(=O)O)c1nccc2ccc(N3CCCCC3)cc12. The lowest BCUT2D eigenvalue weighted by atomic mass is 10.1. The third-order valence-electron chi connectivity index (χ3n) is 4.18. The largest absolute Gasteiger partial charge is 0.480 e. The molecule has 1 aliphatic rings. The van der Waals surface area contributed by atoms with Gasteiger partial charge in [-0.2, -0.15) is 0 Å². The summed E-state index contributed by atoms with van der Waals surface area (Å²) in [5, 5.41) is 11.1. The first-order valence-corrected chi connectivity index (χ1v) is 7.72. The fourth-order valence-corrected chi connectivity index (χ4v) is 3.07. The maximum Gasteiger partial charge on any atom is 0.323 e. The number of anilines is 2. The Balaban J connectivity index is 1.99. The van der Waals surface area contributed by atoms with E-state index in [0.717, 1.165) is 29.7 Å². The van der Waals surface area contributed by atoms with Gasteiger partial charge in [0.05, 0.1) is 0 Å². The smallest absolute Gasteiger partial charge is 0.323 e. The van der Waals surface area contributed by atoms with Crippen LogP contribution < -0.4 is 9.80 Å². The quantitative estimate of drug-likeness (QED) is 0.940. The number of aliphatic carboxylic acids is 1. The zero-order valence-electron chi connectivity index (χ0n) is 12.8. The van der Waals surface area contributed by atoms with Gasteiger partial charge in [0.15, 0.2) is 0 Å². The zero-order valence-corrected chi connectivity index (χ0v) is 12.8. The van der Waals surface area contributed by atoms with Gasteiger partial charge in [-0.3, -0.25) is 4.79 Å². The molecule has 1 N–H and O–H groups in total. The maximum absolute atomic E-state index is 11.0. The Hall–Kier alpha value is -2.30. The van der Waals surface area contributed by atoms with E-state index in [1.54, 1.807) is 18.1 Å². The van der Waals surface area contributed by atoms with Crippen molar-refractivity contribution in [1.29, 1.82) is 0 Å². The number of hydrogen-bond acceptors (Lipinski definition) is 4. The Kier molecular flexibility index (Phi) is 4.13. The lowest BCUT2D eigenvalue weighted by Gasteiger charge is -2.29. The van der Waals surface area contributed by atoms with Crippen molar-refractivity contribution >= 4 is 28.2 Å². The van der Waals surface area contributed by atoms with Crippen LogP contribution in [0.3, 0.4) is 0 Å². The number of aromatic nitrogens is 1. The summed E-state index contributed by atoms with van der Waals surface area (Å²) in [7, 11) is 1.77. The summed E-state index contributed by atoms with van der Waals surface area (Å²) in [6, 6.07) is 8.35. The fourth-order valence-electron chi connectivity index (χ4n) is 3.07. The van der Waals surface area contributed by atoms with Gasteiger partial charge in [-0.25, -0.2) is 4.98 Å². The monoisotopic (exact) mass is 299 g/mol. The summed E-state index contributed by atoms with van der Waals surface area (Å²) >= 11 is 0. The molecule has 1 aromatic heterocycles. The lowest BCUT2D eigenvalue weighted by Crippen LogP contribution is -2.29. The van der Waals surface area contributed by atoms with Gasteiger partial charge in [-0.05, 0) is 42.8 Å². The van der Waals surface area contributed by atoms with Gasteiger partial charge in [0.1, 0.15) is 12.4 Å². The van der Waals surface area contributed by atoms with Gasteiger partial charge in [-0.15, -0.1) is 0 Å². The predicted octanol–water partition coefficient (Wildman–Crippen LogP) is 2.75. The number of carboxylic acids is 1. The summed E-state index contributed by atoms with van der Waals surface area (Å²) in [5.74, 6) is -0.132. The van der Waals surface area contributed by atoms with E-state index in [2.05, 4.69) is 28.1 Å². The van der Waals surface area contributed by atoms with Gasteiger partial charge in [-0.1, -0.05) is 6.07 Å². The van der Waals surface area contributed by atoms with Crippen LogP contribution in [-0.2, 0) is 4.79 Å². The second-order valence-corrected chi connectivity index (χ2v) is 5.84. The molecule has 116 valence electrons. The molecule has 0 unspecified atom stereocenters. The van der Waals surface area contributed by atoms with E-state index in [4.69, 9.17) is 5.11 Å². The van der Waals surface area contributed by atoms with Crippen LogP contribution in [0.25, 0.3) is 10.8 Å². The fraction of sp³-hybridized carbons (Fsp3) is 0.412. The summed E-state index contributed by atoms with van der Waals surface area (Å²) in [6.07, 6.45) is 5.50. The maximum atomic E-state index is 11.0. The van der Waals surface area contributed by atoms with Crippen LogP contribution >= 0.6 is 0 Å². The minimum Gasteiger partial charge on any atom is -0.480 e. The Labute approximate surface area is 130 Å². The van der Waals surface area contributed by atoms with Crippen LogP contribution in [0.4, 0.5) is 11.5 Å². The number of likely N-dealkylation sites (N-methyl/N-ethyl adjacent to an activating group) is 1. The standard InChI is InChI=1S/C17H21N3O2/c1-19(12-16(21)22)17-15-11-14(20-9-3-2-4-10-20)6-5-13(15)7-8-18-17/h5-8,11H,2-4,9-10,12H2,1H3,(H,21,22). The second kappa shape index (κ2) is 6.22. The highest BCUT2D eigenvalue weighted by atomic mass is 16.4. The van der Waals surface area contributed by atoms with Gasteiger partial charge < -0.3 is 14.9 Å². The molecule has 5 nitrogen and oxygen atoms in total. The predicted molar refractivity (Wildman–Crippen MR) is 88.7 cm³/mol. The number of piperidine rings is 1. The molecule has 3 rings (SSSR count). The molecule has 1 aliphatic heterocycles. The molecule has 22 heavy (non-hydrogen) atoms. The number of hydrogen-bond donors (Lipinski definition) is 1. The second-order valence-electron chi connectivity index (χ2n) is 5.84. The van der Waals surface area contributed by atoms with Gasteiger partial charge in [0.25, 0.3) is 0 Å². The lowest BCUT2D eigenvalue weighted by molar-refractivity contribution is -0.135. The third kappa shape index (κ3) is 2.98. The topological polar surface area (TPSA) is 56.7 Å². The summed E-state index contributed by atoms with van der Waals surface area (Å²) in [6.45, 7) is 2.12. The van der Waals surface area contributed by atoms with Gasteiger partial charge in [0.2, 0.25) is 0 Å². The van der Waals surface area contributed by atoms with E-state index in [9.17, 15) is 4.79 Å². The number of carboxylic acid groups (broad SMARTS) is 1. The van der Waals surface area contributed by atoms with Crippen molar-refractivity contribution in [1.82, 2.24) is 4.98 Å². The highest BCUT2D eigenvalue weighted by Gasteiger charge is 2.14. The van der Waals surface area contributed by atoms with E-state index in [1.165, 1.54) is 24.9 Å². The number of pyridine rings is 1. The minimum absolute atomic E-state index is 0.0555. The first-order chi connectivity index (χ1) is 10.6. The highest BCUT2D eigenvalue weighted by Crippen LogP contribution is 2.29. The van der Waals surface area contributed by atoms with Crippen molar-refractivity contribution in [3.05, 3.63) is 30.5 Å². The number of carbonyl (C=O) groups is 1. The average molecular weight is 299 g/mol. The van der Waals surface area contributed by atoms with Crippen LogP contribution in [-0.4, -0.2) is 42.7 Å². The molecule has 1 fully saturated rings. The molecule has 5 heteroatoms. The number of rotatable bonds is 4. The summed E-state index contributed by atoms with van der Waals surface area (Å²) in [4.78, 5) is 19.4. The van der Waals surface area contributed by atoms with Crippen molar-refractivity contribution in [2.45, 2.75) is 19.3 Å². The molecule has 0 spiro atoms. The Morgan fingerprint density at radius 2 is 2.05 bits per heavy atom. The summed E-state index contributed by atoms with van der Waals surface area (Å²) in [5.41, 5.74) is 1.20. The van der Waals surface area contributed by atoms with Crippen molar-refractivity contribution in [3.8, 4) is 0 Å². The van der Waals surface area contributed by atoms with Gasteiger partial charge in [0, 0.05) is 37.4 Å². The minimum atomic E-state index is -0.853. The molecule has 2 heterocycles. The number of benzene rings is 1. The number of nitrogens with zero attached hydrogens (tertiary/aromatic N) is 3. The van der Waals surface area contributed by atoms with Crippen LogP contribution in [0.15, 0.2) is 30.5 Å². The van der Waals surface area contributed by atoms with Crippen LogP contribution in [0.1, 0.15) is 19.3 Å². The van der Waals surface area contributed by atoms with Crippen LogP contribution in [0.2, 0.25) is 0 Å². The Bertz CT molecular complexity index is 681. The molecule has 0 aliphatic carbocycles. The van der Waals surface area contributed by atoms with Crippen molar-refractivity contribution in [3.63, 3.8) is 0 Å². The zero-order chi connectivity index (χ0) is 15.5. The molecule has 1 aromatic carbocycles. The normalized spacial score (nSPS) is 15.0. The molecule has 2 aromatic rings. The van der Waals surface area contributed by atoms with E-state index in [-0.39, 0.29) is 6.54 Å². The van der Waals surface area contributed by atoms with E-state index < -0.39 is 5.97 Å². The highest BCUT2D eigenvalue weighted by molar-refractivity contribution is 5.95. The first kappa shape index (κ1) is 14.6. The Morgan fingerprint density at radius 1 is 1.27 bits per heavy atom. The van der Waals surface area contributed by atoms with Gasteiger partial charge >= 0.3 is 5.97 Å². The first-order valence-electron chi connectivity index (χ1n) is 7.72. The van der Waals surface area contributed by atoms with Crippen LogP contribution in [0, 0.1) is 0 Å². The van der Waals surface area contributed by atoms with Crippen molar-refractivity contribution < 1.29 is 9.90 Å². The molecule has 0 radical (unpaired) electrons. The van der Waals surface area contributed by atoms with Crippen LogP contribution in [0.5, 0.6) is 0 Å². The average Bonchev–Trinajstić information content (AvgIpc) is 2.54. The Morgan fingerprint density at radius 3 is 2.77 bits per heavy atom.